The molecule has 1 amide bonds. The summed E-state index contributed by atoms with van der Waals surface area (Å²) in [4.78, 5) is 23.3. The van der Waals surface area contributed by atoms with Gasteiger partial charge < -0.3 is 9.73 Å². The molecule has 8 nitrogen and oxygen atoms in total. The Kier molecular flexibility index (Phi) is 5.77. The number of hydrogen-bond acceptors (Lipinski definition) is 6. The average molecular weight is 432 g/mol. The molecule has 0 saturated carbocycles. The number of nitrogens with one attached hydrogen (secondary N) is 2. The quantitative estimate of drug-likeness (QED) is 0.408. The van der Waals surface area contributed by atoms with Crippen LogP contribution >= 0.6 is 0 Å². The summed E-state index contributed by atoms with van der Waals surface area (Å²) in [7, 11) is 0. The zero-order chi connectivity index (χ0) is 22.8. The highest BCUT2D eigenvalue weighted by Crippen LogP contribution is 2.31. The normalized spacial score (nSPS) is 14.2. The first-order valence-corrected chi connectivity index (χ1v) is 10.4. The zero-order valence-electron chi connectivity index (χ0n) is 18.2. The fourth-order valence-electron chi connectivity index (χ4n) is 4.02. The minimum Gasteiger partial charge on any atom is -0.455 e. The molecule has 2 aromatic carbocycles. The molecule has 3 aromatic rings. The van der Waals surface area contributed by atoms with Gasteiger partial charge in [0, 0.05) is 35.4 Å². The van der Waals surface area contributed by atoms with Gasteiger partial charge in [0.1, 0.15) is 5.76 Å². The molecule has 0 fully saturated rings. The number of benzene rings is 2. The number of anilines is 2. The van der Waals surface area contributed by atoms with Gasteiger partial charge in [0.25, 0.3) is 11.6 Å². The second kappa shape index (κ2) is 8.66. The van der Waals surface area contributed by atoms with Crippen LogP contribution in [0, 0.1) is 30.9 Å². The van der Waals surface area contributed by atoms with Crippen molar-refractivity contribution in [2.24, 2.45) is 5.10 Å². The van der Waals surface area contributed by atoms with Crippen molar-refractivity contribution < 1.29 is 14.1 Å². The van der Waals surface area contributed by atoms with E-state index in [1.54, 1.807) is 12.1 Å². The van der Waals surface area contributed by atoms with E-state index in [0.717, 1.165) is 58.7 Å². The number of nitrogens with zero attached hydrogens (tertiary/aromatic N) is 2. The summed E-state index contributed by atoms with van der Waals surface area (Å²) in [5.74, 6) is 0.757. The highest BCUT2D eigenvalue weighted by molar-refractivity contribution is 6.09. The molecule has 0 unspecified atom stereocenters. The Bertz CT molecular complexity index is 1210. The third-order valence-corrected chi connectivity index (χ3v) is 5.41. The van der Waals surface area contributed by atoms with Crippen LogP contribution in [0.2, 0.25) is 0 Å². The maximum absolute atomic E-state index is 12.9. The van der Waals surface area contributed by atoms with Crippen LogP contribution in [-0.2, 0) is 6.42 Å². The number of non-ortho nitro benzene ring substituents is 1. The molecule has 0 aliphatic heterocycles. The van der Waals surface area contributed by atoms with Gasteiger partial charge >= 0.3 is 0 Å². The van der Waals surface area contributed by atoms with Crippen LogP contribution in [0.1, 0.15) is 51.4 Å². The molecule has 1 aromatic heterocycles. The van der Waals surface area contributed by atoms with Crippen LogP contribution in [-0.4, -0.2) is 16.5 Å². The summed E-state index contributed by atoms with van der Waals surface area (Å²) in [6, 6.07) is 12.0. The van der Waals surface area contributed by atoms with E-state index in [1.165, 1.54) is 12.1 Å². The first kappa shape index (κ1) is 21.3. The number of fused-ring (bicyclic) bond motifs is 1. The second-order valence-corrected chi connectivity index (χ2v) is 8.01. The van der Waals surface area contributed by atoms with E-state index in [2.05, 4.69) is 15.8 Å². The number of carbonyl (C=O) groups is 1. The number of aryl methyl sites for hydroxylation is 3. The molecule has 1 heterocycles. The molecule has 32 heavy (non-hydrogen) atoms. The van der Waals surface area contributed by atoms with E-state index in [-0.39, 0.29) is 11.6 Å². The molecule has 0 atom stereocenters. The third kappa shape index (κ3) is 4.39. The highest BCUT2D eigenvalue weighted by Gasteiger charge is 2.28. The molecule has 0 bridgehead atoms. The monoisotopic (exact) mass is 432 g/mol. The van der Waals surface area contributed by atoms with Crippen molar-refractivity contribution in [2.75, 3.05) is 10.7 Å². The smallest absolute Gasteiger partial charge is 0.291 e. The summed E-state index contributed by atoms with van der Waals surface area (Å²) in [5, 5.41) is 18.3. The molecular weight excluding hydrogens is 408 g/mol. The minimum absolute atomic E-state index is 0.0216. The molecule has 8 heteroatoms. The summed E-state index contributed by atoms with van der Waals surface area (Å²) in [5.41, 5.74) is 8.92. The highest BCUT2D eigenvalue weighted by atomic mass is 16.6. The molecule has 0 saturated heterocycles. The van der Waals surface area contributed by atoms with E-state index in [0.29, 0.717) is 11.4 Å². The number of nitro benzene ring substituents is 1. The number of amides is 1. The first-order chi connectivity index (χ1) is 15.3. The third-order valence-electron chi connectivity index (χ3n) is 5.41. The summed E-state index contributed by atoms with van der Waals surface area (Å²) >= 11 is 0. The lowest BCUT2D eigenvalue weighted by molar-refractivity contribution is -0.384. The molecule has 1 aliphatic rings. The maximum atomic E-state index is 12.9. The summed E-state index contributed by atoms with van der Waals surface area (Å²) in [6.07, 6.45) is 2.34. The standard InChI is InChI=1S/C24H24N4O4/c1-14-11-15(2)13-18(12-14)25-24(29)23-16(3)22-20(5-4-6-21(22)32-23)27-26-17-7-9-19(10-8-17)28(30)31/h7-13,26H,4-6H2,1-3H3,(H,25,29)/b27-20+. The number of rotatable bonds is 5. The van der Waals surface area contributed by atoms with Crippen LogP contribution in [0.3, 0.4) is 0 Å². The average Bonchev–Trinajstić information content (AvgIpc) is 3.09. The number of furan rings is 1. The molecule has 2 N–H and O–H groups in total. The molecule has 0 radical (unpaired) electrons. The largest absolute Gasteiger partial charge is 0.455 e. The Morgan fingerprint density at radius 3 is 2.38 bits per heavy atom. The van der Waals surface area contributed by atoms with Gasteiger partial charge in [-0.3, -0.25) is 20.3 Å². The Hall–Kier alpha value is -3.94. The van der Waals surface area contributed by atoms with E-state index in [1.807, 2.05) is 39.0 Å². The Morgan fingerprint density at radius 2 is 1.72 bits per heavy atom. The SMILES string of the molecule is Cc1cc(C)cc(NC(=O)c2oc3c(c2C)/C(=N/Nc2ccc([N+](=O)[O-])cc2)CCC3)c1. The lowest BCUT2D eigenvalue weighted by atomic mass is 9.93. The predicted molar refractivity (Wildman–Crippen MR) is 124 cm³/mol. The lowest BCUT2D eigenvalue weighted by Crippen LogP contribution is -2.14. The van der Waals surface area contributed by atoms with Crippen LogP contribution in [0.25, 0.3) is 0 Å². The maximum Gasteiger partial charge on any atom is 0.291 e. The van der Waals surface area contributed by atoms with Crippen LogP contribution < -0.4 is 10.7 Å². The van der Waals surface area contributed by atoms with Crippen molar-refractivity contribution >= 4 is 28.7 Å². The molecule has 0 spiro atoms. The zero-order valence-corrected chi connectivity index (χ0v) is 18.2. The van der Waals surface area contributed by atoms with Crippen molar-refractivity contribution in [2.45, 2.75) is 40.0 Å². The number of carbonyl (C=O) groups excluding carboxylic acids is 1. The summed E-state index contributed by atoms with van der Waals surface area (Å²) < 4.78 is 5.96. The van der Waals surface area contributed by atoms with E-state index >= 15 is 0 Å². The minimum atomic E-state index is -0.442. The van der Waals surface area contributed by atoms with Crippen molar-refractivity contribution in [1.82, 2.24) is 0 Å². The Balaban J connectivity index is 1.57. The fourth-order valence-corrected chi connectivity index (χ4v) is 4.02. The van der Waals surface area contributed by atoms with Crippen molar-refractivity contribution in [3.63, 3.8) is 0 Å². The number of nitro groups is 1. The Morgan fingerprint density at radius 1 is 1.03 bits per heavy atom. The Labute approximate surface area is 185 Å². The van der Waals surface area contributed by atoms with Crippen molar-refractivity contribution in [3.8, 4) is 0 Å². The van der Waals surface area contributed by atoms with Gasteiger partial charge in [-0.05, 0) is 69.0 Å². The van der Waals surface area contributed by atoms with Crippen LogP contribution in [0.5, 0.6) is 0 Å². The van der Waals surface area contributed by atoms with Crippen LogP contribution in [0.4, 0.5) is 17.1 Å². The fraction of sp³-hybridized carbons (Fsp3) is 0.250. The topological polar surface area (TPSA) is 110 Å². The van der Waals surface area contributed by atoms with Crippen LogP contribution in [0.15, 0.2) is 52.0 Å². The van der Waals surface area contributed by atoms with Crippen molar-refractivity contribution in [1.29, 1.82) is 0 Å². The molecule has 4 rings (SSSR count). The van der Waals surface area contributed by atoms with Gasteiger partial charge in [-0.2, -0.15) is 5.10 Å². The number of hydrogen-bond donors (Lipinski definition) is 2. The van der Waals surface area contributed by atoms with Gasteiger partial charge in [-0.15, -0.1) is 0 Å². The van der Waals surface area contributed by atoms with Gasteiger partial charge in [0.05, 0.1) is 16.3 Å². The van der Waals surface area contributed by atoms with Gasteiger partial charge in [-0.25, -0.2) is 0 Å². The molecular formula is C24H24N4O4. The van der Waals surface area contributed by atoms with E-state index in [9.17, 15) is 14.9 Å². The molecule has 164 valence electrons. The first-order valence-electron chi connectivity index (χ1n) is 10.4. The van der Waals surface area contributed by atoms with E-state index < -0.39 is 4.92 Å². The van der Waals surface area contributed by atoms with E-state index in [4.69, 9.17) is 4.42 Å². The number of hydrazone groups is 1. The second-order valence-electron chi connectivity index (χ2n) is 8.01. The van der Waals surface area contributed by atoms with Gasteiger partial charge in [-0.1, -0.05) is 6.07 Å². The predicted octanol–water partition coefficient (Wildman–Crippen LogP) is 5.52. The van der Waals surface area contributed by atoms with Gasteiger partial charge in [0.2, 0.25) is 0 Å². The summed E-state index contributed by atoms with van der Waals surface area (Å²) in [6.45, 7) is 5.84. The lowest BCUT2D eigenvalue weighted by Gasteiger charge is -2.13. The van der Waals surface area contributed by atoms with Gasteiger partial charge in [0.15, 0.2) is 5.76 Å². The molecule has 1 aliphatic carbocycles. The van der Waals surface area contributed by atoms with Crippen molar-refractivity contribution in [3.05, 3.63) is 86.4 Å².